The normalized spacial score (nSPS) is 11.5. The highest BCUT2D eigenvalue weighted by atomic mass is 79.9. The van der Waals surface area contributed by atoms with Gasteiger partial charge in [-0.3, -0.25) is 0 Å². The standard InChI is InChI=1S/C13H16BrN3O3S/c1-20-12-4-3-11(14)9-13(12)21(18,19)16-5-2-7-17-8-6-15-10-17/h3-4,6,8-10,16H,2,5,7H2,1H3. The third-order valence-electron chi connectivity index (χ3n) is 2.86. The zero-order chi connectivity index (χ0) is 15.3. The Kier molecular flexibility index (Phi) is 5.38. The summed E-state index contributed by atoms with van der Waals surface area (Å²) in [6, 6.07) is 4.87. The second-order valence-corrected chi connectivity index (χ2v) is 7.00. The molecule has 21 heavy (non-hydrogen) atoms. The van der Waals surface area contributed by atoms with Crippen LogP contribution in [0.15, 0.2) is 46.3 Å². The topological polar surface area (TPSA) is 73.2 Å². The van der Waals surface area contributed by atoms with Crippen molar-refractivity contribution in [2.75, 3.05) is 13.7 Å². The SMILES string of the molecule is COc1ccc(Br)cc1S(=O)(=O)NCCCn1ccnc1. The van der Waals surface area contributed by atoms with Crippen LogP contribution in [0.2, 0.25) is 0 Å². The molecule has 0 amide bonds. The highest BCUT2D eigenvalue weighted by molar-refractivity contribution is 9.10. The van der Waals surface area contributed by atoms with Crippen LogP contribution < -0.4 is 9.46 Å². The summed E-state index contributed by atoms with van der Waals surface area (Å²) >= 11 is 3.27. The van der Waals surface area contributed by atoms with Crippen LogP contribution >= 0.6 is 15.9 Å². The minimum absolute atomic E-state index is 0.127. The third kappa shape index (κ3) is 4.29. The van der Waals surface area contributed by atoms with E-state index in [1.54, 1.807) is 24.7 Å². The van der Waals surface area contributed by atoms with Crippen molar-refractivity contribution in [2.24, 2.45) is 0 Å². The van der Waals surface area contributed by atoms with Crippen LogP contribution in [0.25, 0.3) is 0 Å². The summed E-state index contributed by atoms with van der Waals surface area (Å²) in [5.41, 5.74) is 0. The number of benzene rings is 1. The lowest BCUT2D eigenvalue weighted by Crippen LogP contribution is -2.26. The molecule has 0 aliphatic heterocycles. The highest BCUT2D eigenvalue weighted by Gasteiger charge is 2.19. The monoisotopic (exact) mass is 373 g/mol. The van der Waals surface area contributed by atoms with Crippen LogP contribution in [-0.4, -0.2) is 31.6 Å². The number of halogens is 1. The molecule has 114 valence electrons. The molecule has 6 nitrogen and oxygen atoms in total. The summed E-state index contributed by atoms with van der Waals surface area (Å²) in [7, 11) is -2.15. The van der Waals surface area contributed by atoms with Crippen molar-refractivity contribution in [3.05, 3.63) is 41.4 Å². The van der Waals surface area contributed by atoms with Crippen LogP contribution in [-0.2, 0) is 16.6 Å². The molecule has 8 heteroatoms. The summed E-state index contributed by atoms with van der Waals surface area (Å²) in [4.78, 5) is 4.06. The number of hydrogen-bond acceptors (Lipinski definition) is 4. The average molecular weight is 374 g/mol. The van der Waals surface area contributed by atoms with Gasteiger partial charge in [0.1, 0.15) is 10.6 Å². The number of hydrogen-bond donors (Lipinski definition) is 1. The van der Waals surface area contributed by atoms with E-state index < -0.39 is 10.0 Å². The molecule has 0 saturated carbocycles. The van der Waals surface area contributed by atoms with Crippen molar-refractivity contribution >= 4 is 26.0 Å². The number of aryl methyl sites for hydroxylation is 1. The van der Waals surface area contributed by atoms with E-state index in [4.69, 9.17) is 4.74 Å². The lowest BCUT2D eigenvalue weighted by Gasteiger charge is -2.11. The fraction of sp³-hybridized carbons (Fsp3) is 0.308. The van der Waals surface area contributed by atoms with Crippen molar-refractivity contribution in [3.63, 3.8) is 0 Å². The summed E-state index contributed by atoms with van der Waals surface area (Å²) < 4.78 is 34.8. The fourth-order valence-electron chi connectivity index (χ4n) is 1.83. The molecule has 1 aromatic carbocycles. The Bertz CT molecular complexity index is 687. The van der Waals surface area contributed by atoms with Gasteiger partial charge in [0, 0.05) is 30.0 Å². The number of nitrogens with one attached hydrogen (secondary N) is 1. The Labute approximate surface area is 132 Å². The maximum atomic E-state index is 12.3. The number of nitrogens with zero attached hydrogens (tertiary/aromatic N) is 2. The molecule has 0 radical (unpaired) electrons. The molecule has 1 aromatic heterocycles. The second kappa shape index (κ2) is 7.06. The summed E-state index contributed by atoms with van der Waals surface area (Å²) in [5.74, 6) is 0.320. The maximum absolute atomic E-state index is 12.3. The van der Waals surface area contributed by atoms with Gasteiger partial charge in [-0.2, -0.15) is 0 Å². The quantitative estimate of drug-likeness (QED) is 0.753. The summed E-state index contributed by atoms with van der Waals surface area (Å²) in [6.07, 6.45) is 5.90. The van der Waals surface area contributed by atoms with Gasteiger partial charge in [-0.05, 0) is 24.6 Å². The number of sulfonamides is 1. The van der Waals surface area contributed by atoms with Crippen molar-refractivity contribution in [2.45, 2.75) is 17.9 Å². The smallest absolute Gasteiger partial charge is 0.244 e. The van der Waals surface area contributed by atoms with Crippen LogP contribution in [0.3, 0.4) is 0 Å². The van der Waals surface area contributed by atoms with E-state index in [-0.39, 0.29) is 4.90 Å². The molecule has 0 fully saturated rings. The van der Waals surface area contributed by atoms with Crippen LogP contribution in [0.5, 0.6) is 5.75 Å². The molecular formula is C13H16BrN3O3S. The molecule has 0 atom stereocenters. The van der Waals surface area contributed by atoms with Gasteiger partial charge in [-0.15, -0.1) is 0 Å². The van der Waals surface area contributed by atoms with Crippen molar-refractivity contribution in [1.29, 1.82) is 0 Å². The largest absolute Gasteiger partial charge is 0.495 e. The number of aromatic nitrogens is 2. The van der Waals surface area contributed by atoms with Crippen LogP contribution in [0.4, 0.5) is 0 Å². The van der Waals surface area contributed by atoms with Gasteiger partial charge in [0.15, 0.2) is 0 Å². The van der Waals surface area contributed by atoms with E-state index in [0.717, 1.165) is 0 Å². The Balaban J connectivity index is 1.99. The predicted molar refractivity (Wildman–Crippen MR) is 82.7 cm³/mol. The van der Waals surface area contributed by atoms with Crippen LogP contribution in [0.1, 0.15) is 6.42 Å². The minimum Gasteiger partial charge on any atom is -0.495 e. The Morgan fingerprint density at radius 2 is 2.24 bits per heavy atom. The highest BCUT2D eigenvalue weighted by Crippen LogP contribution is 2.26. The molecule has 0 spiro atoms. The van der Waals surface area contributed by atoms with Gasteiger partial charge in [-0.1, -0.05) is 15.9 Å². The maximum Gasteiger partial charge on any atom is 0.244 e. The first-order valence-corrected chi connectivity index (χ1v) is 8.59. The molecule has 2 aromatic rings. The summed E-state index contributed by atoms with van der Waals surface area (Å²) in [6.45, 7) is 1.05. The van der Waals surface area contributed by atoms with E-state index in [0.29, 0.717) is 29.7 Å². The molecular weight excluding hydrogens is 358 g/mol. The Morgan fingerprint density at radius 3 is 2.90 bits per heavy atom. The second-order valence-electron chi connectivity index (χ2n) is 4.35. The first-order valence-electron chi connectivity index (χ1n) is 6.32. The van der Waals surface area contributed by atoms with Gasteiger partial charge >= 0.3 is 0 Å². The van der Waals surface area contributed by atoms with Gasteiger partial charge < -0.3 is 9.30 Å². The molecule has 0 aliphatic carbocycles. The van der Waals surface area contributed by atoms with Gasteiger partial charge in [0.05, 0.1) is 13.4 Å². The number of methoxy groups -OCH3 is 1. The minimum atomic E-state index is -3.60. The summed E-state index contributed by atoms with van der Waals surface area (Å²) in [5, 5.41) is 0. The van der Waals surface area contributed by atoms with E-state index >= 15 is 0 Å². The fourth-order valence-corrected chi connectivity index (χ4v) is 3.60. The van der Waals surface area contributed by atoms with E-state index in [1.165, 1.54) is 13.2 Å². The Hall–Kier alpha value is -1.38. The predicted octanol–water partition coefficient (Wildman–Crippen LogP) is 2.02. The molecule has 2 rings (SSSR count). The molecule has 1 heterocycles. The number of imidazole rings is 1. The van der Waals surface area contributed by atoms with Gasteiger partial charge in [0.25, 0.3) is 0 Å². The third-order valence-corrected chi connectivity index (χ3v) is 4.84. The first kappa shape index (κ1) is 16.0. The molecule has 0 bridgehead atoms. The Morgan fingerprint density at radius 1 is 1.43 bits per heavy atom. The lowest BCUT2D eigenvalue weighted by molar-refractivity contribution is 0.402. The lowest BCUT2D eigenvalue weighted by atomic mass is 10.3. The zero-order valence-corrected chi connectivity index (χ0v) is 13.9. The molecule has 0 aliphatic rings. The van der Waals surface area contributed by atoms with Crippen molar-refractivity contribution in [3.8, 4) is 5.75 Å². The number of rotatable bonds is 7. The average Bonchev–Trinajstić information content (AvgIpc) is 2.97. The molecule has 0 unspecified atom stereocenters. The number of ether oxygens (including phenoxy) is 1. The van der Waals surface area contributed by atoms with E-state index in [9.17, 15) is 8.42 Å². The zero-order valence-electron chi connectivity index (χ0n) is 11.5. The van der Waals surface area contributed by atoms with Gasteiger partial charge in [0.2, 0.25) is 10.0 Å². The van der Waals surface area contributed by atoms with E-state index in [1.807, 2.05) is 10.8 Å². The molecule has 1 N–H and O–H groups in total. The van der Waals surface area contributed by atoms with Gasteiger partial charge in [-0.25, -0.2) is 18.1 Å². The molecule has 0 saturated heterocycles. The first-order chi connectivity index (χ1) is 10.0. The van der Waals surface area contributed by atoms with Crippen molar-refractivity contribution in [1.82, 2.24) is 14.3 Å². The van der Waals surface area contributed by atoms with Crippen LogP contribution in [0, 0.1) is 0 Å². The van der Waals surface area contributed by atoms with Crippen molar-refractivity contribution < 1.29 is 13.2 Å². The van der Waals surface area contributed by atoms with E-state index in [2.05, 4.69) is 25.6 Å².